The van der Waals surface area contributed by atoms with Crippen molar-refractivity contribution in [2.45, 2.75) is 12.7 Å². The van der Waals surface area contributed by atoms with E-state index in [0.29, 0.717) is 5.69 Å². The van der Waals surface area contributed by atoms with Gasteiger partial charge in [0.2, 0.25) is 0 Å². The van der Waals surface area contributed by atoms with E-state index in [-0.39, 0.29) is 5.82 Å². The molecule has 0 aliphatic carbocycles. The molecule has 2 rings (SSSR count). The molecule has 3 heteroatoms. The van der Waals surface area contributed by atoms with Crippen LogP contribution in [0.15, 0.2) is 48.5 Å². The van der Waals surface area contributed by atoms with Gasteiger partial charge in [0, 0.05) is 5.75 Å². The lowest BCUT2D eigenvalue weighted by Gasteiger charge is -2.09. The molecule has 0 spiro atoms. The summed E-state index contributed by atoms with van der Waals surface area (Å²) in [6.07, 6.45) is 0. The highest BCUT2D eigenvalue weighted by Gasteiger charge is 2.04. The quantitative estimate of drug-likeness (QED) is 0.804. The van der Waals surface area contributed by atoms with Gasteiger partial charge in [-0.05, 0) is 36.1 Å². The Morgan fingerprint density at radius 2 is 1.82 bits per heavy atom. The number of halogens is 1. The summed E-state index contributed by atoms with van der Waals surface area (Å²) in [4.78, 5) is 0. The third-order valence-corrected chi connectivity index (χ3v) is 3.30. The average Bonchev–Trinajstić information content (AvgIpc) is 2.34. The fraction of sp³-hybridized carbons (Fsp3) is 0.143. The minimum Gasteiger partial charge on any atom is -0.327 e. The average molecular weight is 247 g/mol. The van der Waals surface area contributed by atoms with E-state index in [9.17, 15) is 4.39 Å². The first kappa shape index (κ1) is 12.0. The number of nitrogens with one attached hydrogen (secondary N) is 1. The van der Waals surface area contributed by atoms with Crippen molar-refractivity contribution in [1.82, 2.24) is 0 Å². The Kier molecular flexibility index (Phi) is 4.04. The van der Waals surface area contributed by atoms with Gasteiger partial charge >= 0.3 is 0 Å². The van der Waals surface area contributed by atoms with Crippen molar-refractivity contribution in [3.63, 3.8) is 0 Å². The van der Waals surface area contributed by atoms with Gasteiger partial charge < -0.3 is 4.72 Å². The van der Waals surface area contributed by atoms with Crippen LogP contribution in [0.3, 0.4) is 0 Å². The van der Waals surface area contributed by atoms with E-state index in [1.807, 2.05) is 31.2 Å². The van der Waals surface area contributed by atoms with E-state index < -0.39 is 0 Å². The molecule has 88 valence electrons. The summed E-state index contributed by atoms with van der Waals surface area (Å²) in [5, 5.41) is 0. The van der Waals surface area contributed by atoms with Crippen molar-refractivity contribution in [3.05, 3.63) is 65.5 Å². The molecule has 2 aromatic carbocycles. The summed E-state index contributed by atoms with van der Waals surface area (Å²) in [5.74, 6) is 0.611. The molecule has 17 heavy (non-hydrogen) atoms. The lowest BCUT2D eigenvalue weighted by Crippen LogP contribution is -1.94. The molecule has 0 aliphatic heterocycles. The summed E-state index contributed by atoms with van der Waals surface area (Å²) < 4.78 is 16.6. The Morgan fingerprint density at radius 3 is 2.53 bits per heavy atom. The Balaban J connectivity index is 1.95. The van der Waals surface area contributed by atoms with Gasteiger partial charge in [0.25, 0.3) is 0 Å². The van der Waals surface area contributed by atoms with Crippen LogP contribution in [0.1, 0.15) is 11.1 Å². The molecular weight excluding hydrogens is 233 g/mol. The summed E-state index contributed by atoms with van der Waals surface area (Å²) in [6, 6.07) is 15.2. The standard InChI is InChI=1S/C14H14FNS/c1-11-6-5-9-13(15)14(11)16-17-10-12-7-3-2-4-8-12/h2-9,16H,10H2,1H3. The maximum absolute atomic E-state index is 13.5. The third kappa shape index (κ3) is 3.24. The zero-order valence-corrected chi connectivity index (χ0v) is 10.4. The molecule has 0 fully saturated rings. The third-order valence-electron chi connectivity index (χ3n) is 2.48. The number of rotatable bonds is 4. The summed E-state index contributed by atoms with van der Waals surface area (Å²) >= 11 is 1.50. The van der Waals surface area contributed by atoms with E-state index in [1.165, 1.54) is 23.6 Å². The van der Waals surface area contributed by atoms with Crippen LogP contribution >= 0.6 is 11.9 Å². The van der Waals surface area contributed by atoms with Gasteiger partial charge in [-0.1, -0.05) is 42.5 Å². The van der Waals surface area contributed by atoms with Crippen molar-refractivity contribution in [2.75, 3.05) is 4.72 Å². The Morgan fingerprint density at radius 1 is 1.06 bits per heavy atom. The molecule has 0 bridgehead atoms. The summed E-state index contributed by atoms with van der Waals surface area (Å²) in [6.45, 7) is 1.90. The van der Waals surface area contributed by atoms with Crippen LogP contribution in [-0.2, 0) is 5.75 Å². The monoisotopic (exact) mass is 247 g/mol. The van der Waals surface area contributed by atoms with Crippen LogP contribution in [0.25, 0.3) is 0 Å². The first-order valence-electron chi connectivity index (χ1n) is 5.44. The largest absolute Gasteiger partial charge is 0.327 e. The highest BCUT2D eigenvalue weighted by molar-refractivity contribution is 7.99. The number of hydrogen-bond acceptors (Lipinski definition) is 2. The zero-order chi connectivity index (χ0) is 12.1. The predicted molar refractivity (Wildman–Crippen MR) is 72.5 cm³/mol. The molecular formula is C14H14FNS. The molecule has 1 nitrogen and oxygen atoms in total. The smallest absolute Gasteiger partial charge is 0.147 e. The highest BCUT2D eigenvalue weighted by Crippen LogP contribution is 2.23. The fourth-order valence-corrected chi connectivity index (χ4v) is 2.36. The first-order chi connectivity index (χ1) is 8.27. The van der Waals surface area contributed by atoms with Crippen molar-refractivity contribution in [1.29, 1.82) is 0 Å². The van der Waals surface area contributed by atoms with E-state index in [1.54, 1.807) is 6.07 Å². The van der Waals surface area contributed by atoms with Crippen molar-refractivity contribution >= 4 is 17.6 Å². The first-order valence-corrected chi connectivity index (χ1v) is 6.43. The second kappa shape index (κ2) is 5.73. The van der Waals surface area contributed by atoms with Gasteiger partial charge in [-0.25, -0.2) is 4.39 Å². The second-order valence-corrected chi connectivity index (χ2v) is 4.59. The molecule has 2 aromatic rings. The van der Waals surface area contributed by atoms with Crippen LogP contribution < -0.4 is 4.72 Å². The number of benzene rings is 2. The minimum atomic E-state index is -0.203. The summed E-state index contributed by atoms with van der Waals surface area (Å²) in [7, 11) is 0. The topological polar surface area (TPSA) is 12.0 Å². The van der Waals surface area contributed by atoms with E-state index in [4.69, 9.17) is 0 Å². The van der Waals surface area contributed by atoms with E-state index >= 15 is 0 Å². The summed E-state index contributed by atoms with van der Waals surface area (Å²) in [5.41, 5.74) is 2.72. The van der Waals surface area contributed by atoms with Gasteiger partial charge in [-0.3, -0.25) is 0 Å². The molecule has 0 aromatic heterocycles. The number of hydrogen-bond donors (Lipinski definition) is 1. The van der Waals surface area contributed by atoms with Crippen LogP contribution in [0.5, 0.6) is 0 Å². The van der Waals surface area contributed by atoms with E-state index in [0.717, 1.165) is 11.3 Å². The molecule has 0 radical (unpaired) electrons. The molecule has 0 aliphatic rings. The van der Waals surface area contributed by atoms with Crippen molar-refractivity contribution in [2.24, 2.45) is 0 Å². The van der Waals surface area contributed by atoms with Crippen LogP contribution in [-0.4, -0.2) is 0 Å². The SMILES string of the molecule is Cc1cccc(F)c1NSCc1ccccc1. The molecule has 0 atom stereocenters. The van der Waals surface area contributed by atoms with Crippen LogP contribution in [0.2, 0.25) is 0 Å². The normalized spacial score (nSPS) is 10.2. The van der Waals surface area contributed by atoms with Crippen LogP contribution in [0.4, 0.5) is 10.1 Å². The van der Waals surface area contributed by atoms with Gasteiger partial charge in [0.15, 0.2) is 0 Å². The van der Waals surface area contributed by atoms with E-state index in [2.05, 4.69) is 16.9 Å². The van der Waals surface area contributed by atoms with Gasteiger partial charge in [-0.2, -0.15) is 0 Å². The maximum atomic E-state index is 13.5. The zero-order valence-electron chi connectivity index (χ0n) is 9.61. The number of aryl methyl sites for hydroxylation is 1. The second-order valence-electron chi connectivity index (χ2n) is 3.81. The molecule has 0 amide bonds. The van der Waals surface area contributed by atoms with Crippen molar-refractivity contribution in [3.8, 4) is 0 Å². The molecule has 1 N–H and O–H groups in total. The fourth-order valence-electron chi connectivity index (χ4n) is 1.53. The molecule has 0 saturated heterocycles. The Labute approximate surface area is 105 Å². The predicted octanol–water partition coefficient (Wildman–Crippen LogP) is 4.39. The molecule has 0 unspecified atom stereocenters. The Bertz CT molecular complexity index is 465. The lowest BCUT2D eigenvalue weighted by molar-refractivity contribution is 0.631. The van der Waals surface area contributed by atoms with Gasteiger partial charge in [0.05, 0.1) is 5.69 Å². The molecule has 0 heterocycles. The molecule has 0 saturated carbocycles. The minimum absolute atomic E-state index is 0.203. The lowest BCUT2D eigenvalue weighted by atomic mass is 10.2. The number of anilines is 1. The maximum Gasteiger partial charge on any atom is 0.147 e. The number of para-hydroxylation sites is 1. The van der Waals surface area contributed by atoms with Crippen molar-refractivity contribution < 1.29 is 4.39 Å². The van der Waals surface area contributed by atoms with Gasteiger partial charge in [0.1, 0.15) is 5.82 Å². The van der Waals surface area contributed by atoms with Crippen LogP contribution in [0, 0.1) is 12.7 Å². The highest BCUT2D eigenvalue weighted by atomic mass is 32.2. The Hall–Kier alpha value is -1.48. The van der Waals surface area contributed by atoms with Gasteiger partial charge in [-0.15, -0.1) is 0 Å².